The van der Waals surface area contributed by atoms with Gasteiger partial charge in [-0.15, -0.1) is 0 Å². The third-order valence-electron chi connectivity index (χ3n) is 4.39. The number of benzene rings is 2. The Labute approximate surface area is 145 Å². The van der Waals surface area contributed by atoms with E-state index in [1.54, 1.807) is 0 Å². The Morgan fingerprint density at radius 1 is 0.917 bits per heavy atom. The number of para-hydroxylation sites is 1. The van der Waals surface area contributed by atoms with Gasteiger partial charge in [-0.1, -0.05) is 42.5 Å². The quantitative estimate of drug-likeness (QED) is 0.659. The van der Waals surface area contributed by atoms with Crippen molar-refractivity contribution >= 4 is 10.9 Å². The van der Waals surface area contributed by atoms with Gasteiger partial charge in [0.15, 0.2) is 0 Å². The highest BCUT2D eigenvalue weighted by atomic mass is 15.0. The molecule has 3 rings (SSSR count). The summed E-state index contributed by atoms with van der Waals surface area (Å²) in [5, 5.41) is 1.26. The van der Waals surface area contributed by atoms with Crippen LogP contribution >= 0.6 is 0 Å². The maximum atomic E-state index is 4.65. The lowest BCUT2D eigenvalue weighted by Crippen LogP contribution is -2.13. The van der Waals surface area contributed by atoms with Crippen LogP contribution in [0.3, 0.4) is 0 Å². The number of aromatic nitrogens is 1. The third-order valence-corrected chi connectivity index (χ3v) is 4.39. The normalized spacial score (nSPS) is 11.3. The van der Waals surface area contributed by atoms with Crippen LogP contribution in [0.25, 0.3) is 10.9 Å². The van der Waals surface area contributed by atoms with Crippen molar-refractivity contribution in [3.05, 3.63) is 77.0 Å². The van der Waals surface area contributed by atoms with Crippen molar-refractivity contribution in [2.45, 2.75) is 26.2 Å². The van der Waals surface area contributed by atoms with Crippen LogP contribution in [-0.4, -0.2) is 30.5 Å². The molecule has 0 unspecified atom stereocenters. The Kier molecular flexibility index (Phi) is 5.27. The van der Waals surface area contributed by atoms with Gasteiger partial charge in [-0.3, -0.25) is 4.98 Å². The number of hydrogen-bond donors (Lipinski definition) is 0. The molecule has 0 aliphatic rings. The van der Waals surface area contributed by atoms with E-state index in [1.807, 2.05) is 0 Å². The first-order chi connectivity index (χ1) is 11.6. The zero-order chi connectivity index (χ0) is 16.9. The first-order valence-corrected chi connectivity index (χ1v) is 8.69. The molecule has 124 valence electrons. The van der Waals surface area contributed by atoms with E-state index in [-0.39, 0.29) is 0 Å². The Bertz CT molecular complexity index is 821. The van der Waals surface area contributed by atoms with Crippen LogP contribution in [0.5, 0.6) is 0 Å². The maximum Gasteiger partial charge on any atom is 0.0708 e. The van der Waals surface area contributed by atoms with Crippen molar-refractivity contribution in [1.29, 1.82) is 0 Å². The van der Waals surface area contributed by atoms with E-state index in [4.69, 9.17) is 0 Å². The van der Waals surface area contributed by atoms with Crippen molar-refractivity contribution < 1.29 is 0 Å². The predicted octanol–water partition coefficient (Wildman–Crippen LogP) is 4.63. The number of aryl methyl sites for hydroxylation is 2. The van der Waals surface area contributed by atoms with Gasteiger partial charge in [0.2, 0.25) is 0 Å². The minimum atomic E-state index is 0.964. The average molecular weight is 318 g/mol. The molecule has 0 aliphatic heterocycles. The lowest BCUT2D eigenvalue weighted by Gasteiger charge is -2.11. The molecule has 0 saturated heterocycles. The zero-order valence-electron chi connectivity index (χ0n) is 14.9. The minimum absolute atomic E-state index is 0.964. The van der Waals surface area contributed by atoms with Gasteiger partial charge in [0.1, 0.15) is 0 Å². The summed E-state index contributed by atoms with van der Waals surface area (Å²) in [7, 11) is 4.26. The number of rotatable bonds is 6. The Hall–Kier alpha value is -2.19. The number of fused-ring (bicyclic) bond motifs is 1. The highest BCUT2D eigenvalue weighted by Crippen LogP contribution is 2.21. The van der Waals surface area contributed by atoms with E-state index in [0.29, 0.717) is 0 Å². The van der Waals surface area contributed by atoms with Crippen LogP contribution in [-0.2, 0) is 12.8 Å². The van der Waals surface area contributed by atoms with Crippen LogP contribution in [0, 0.1) is 6.92 Å². The van der Waals surface area contributed by atoms with Gasteiger partial charge in [-0.2, -0.15) is 0 Å². The Morgan fingerprint density at radius 3 is 2.54 bits per heavy atom. The monoisotopic (exact) mass is 318 g/mol. The molecule has 2 nitrogen and oxygen atoms in total. The van der Waals surface area contributed by atoms with E-state index in [2.05, 4.69) is 85.5 Å². The first kappa shape index (κ1) is 16.7. The second-order valence-corrected chi connectivity index (χ2v) is 6.84. The standard InChI is InChI=1S/C22H26N2/c1-17-14-20(21-11-4-5-12-22(21)23-17)16-19-9-6-8-18(15-19)10-7-13-24(2)3/h4-6,8-9,11-12,14-15H,7,10,13,16H2,1-3H3. The van der Waals surface area contributed by atoms with Crippen LogP contribution < -0.4 is 0 Å². The van der Waals surface area contributed by atoms with Crippen molar-refractivity contribution in [1.82, 2.24) is 9.88 Å². The third kappa shape index (κ3) is 4.21. The highest BCUT2D eigenvalue weighted by Gasteiger charge is 2.05. The molecule has 0 radical (unpaired) electrons. The molecule has 3 aromatic rings. The fraction of sp³-hybridized carbons (Fsp3) is 0.318. The van der Waals surface area contributed by atoms with Gasteiger partial charge < -0.3 is 4.90 Å². The lowest BCUT2D eigenvalue weighted by atomic mass is 9.98. The number of pyridine rings is 1. The molecular weight excluding hydrogens is 292 g/mol. The molecule has 24 heavy (non-hydrogen) atoms. The van der Waals surface area contributed by atoms with E-state index in [9.17, 15) is 0 Å². The van der Waals surface area contributed by atoms with Crippen LogP contribution in [0.1, 0.15) is 28.8 Å². The lowest BCUT2D eigenvalue weighted by molar-refractivity contribution is 0.400. The second-order valence-electron chi connectivity index (χ2n) is 6.84. The molecule has 0 aliphatic carbocycles. The van der Waals surface area contributed by atoms with Gasteiger partial charge in [-0.25, -0.2) is 0 Å². The summed E-state index contributed by atoms with van der Waals surface area (Å²) in [6, 6.07) is 19.7. The average Bonchev–Trinajstić information content (AvgIpc) is 2.55. The summed E-state index contributed by atoms with van der Waals surface area (Å²) in [5.74, 6) is 0. The number of hydrogen-bond acceptors (Lipinski definition) is 2. The topological polar surface area (TPSA) is 16.1 Å². The van der Waals surface area contributed by atoms with Crippen molar-refractivity contribution in [2.75, 3.05) is 20.6 Å². The SMILES string of the molecule is Cc1cc(Cc2cccc(CCCN(C)C)c2)c2ccccc2n1. The van der Waals surface area contributed by atoms with Gasteiger partial charge in [-0.05, 0) is 75.6 Å². The van der Waals surface area contributed by atoms with Gasteiger partial charge >= 0.3 is 0 Å². The van der Waals surface area contributed by atoms with Gasteiger partial charge in [0, 0.05) is 11.1 Å². The van der Waals surface area contributed by atoms with E-state index < -0.39 is 0 Å². The largest absolute Gasteiger partial charge is 0.309 e. The first-order valence-electron chi connectivity index (χ1n) is 8.69. The predicted molar refractivity (Wildman–Crippen MR) is 103 cm³/mol. The van der Waals surface area contributed by atoms with Gasteiger partial charge in [0.25, 0.3) is 0 Å². The van der Waals surface area contributed by atoms with Crippen molar-refractivity contribution in [3.63, 3.8) is 0 Å². The smallest absolute Gasteiger partial charge is 0.0708 e. The molecule has 0 amide bonds. The molecule has 2 aromatic carbocycles. The van der Waals surface area contributed by atoms with E-state index >= 15 is 0 Å². The fourth-order valence-electron chi connectivity index (χ4n) is 3.26. The molecule has 0 N–H and O–H groups in total. The van der Waals surface area contributed by atoms with Crippen LogP contribution in [0.4, 0.5) is 0 Å². The van der Waals surface area contributed by atoms with Crippen LogP contribution in [0.15, 0.2) is 54.6 Å². The fourth-order valence-corrected chi connectivity index (χ4v) is 3.26. The summed E-state index contributed by atoms with van der Waals surface area (Å²) in [6.07, 6.45) is 3.31. The molecule has 1 aromatic heterocycles. The second kappa shape index (κ2) is 7.59. The summed E-state index contributed by atoms with van der Waals surface area (Å²) >= 11 is 0. The molecule has 0 atom stereocenters. The molecule has 1 heterocycles. The summed E-state index contributed by atoms with van der Waals surface area (Å²) < 4.78 is 0. The highest BCUT2D eigenvalue weighted by molar-refractivity contribution is 5.82. The molecule has 0 bridgehead atoms. The maximum absolute atomic E-state index is 4.65. The molecule has 0 fully saturated rings. The molecular formula is C22H26N2. The molecule has 0 saturated carbocycles. The zero-order valence-corrected chi connectivity index (χ0v) is 14.9. The molecule has 0 spiro atoms. The summed E-state index contributed by atoms with van der Waals surface area (Å²) in [4.78, 5) is 6.89. The summed E-state index contributed by atoms with van der Waals surface area (Å²) in [6.45, 7) is 3.21. The summed E-state index contributed by atoms with van der Waals surface area (Å²) in [5.41, 5.74) is 6.36. The minimum Gasteiger partial charge on any atom is -0.309 e. The van der Waals surface area contributed by atoms with Crippen molar-refractivity contribution in [2.24, 2.45) is 0 Å². The van der Waals surface area contributed by atoms with E-state index in [1.165, 1.54) is 28.5 Å². The Morgan fingerprint density at radius 2 is 1.71 bits per heavy atom. The Balaban J connectivity index is 1.81. The van der Waals surface area contributed by atoms with Crippen LogP contribution in [0.2, 0.25) is 0 Å². The molecule has 2 heteroatoms. The van der Waals surface area contributed by atoms with Crippen molar-refractivity contribution in [3.8, 4) is 0 Å². The van der Waals surface area contributed by atoms with Gasteiger partial charge in [0.05, 0.1) is 5.52 Å². The number of nitrogens with zero attached hydrogens (tertiary/aromatic N) is 2. The van der Waals surface area contributed by atoms with E-state index in [0.717, 1.165) is 30.6 Å².